The molecule has 284 valence electrons. The highest BCUT2D eigenvalue weighted by Crippen LogP contribution is 2.45. The second-order valence-corrected chi connectivity index (χ2v) is 18.0. The Morgan fingerprint density at radius 1 is 1.08 bits per heavy atom. The van der Waals surface area contributed by atoms with Gasteiger partial charge in [-0.3, -0.25) is 29.0 Å². The number of aromatic nitrogens is 1. The molecule has 5 aliphatic rings. The average Bonchev–Trinajstić information content (AvgIpc) is 4.00. The zero-order chi connectivity index (χ0) is 37.4. The lowest BCUT2D eigenvalue weighted by Crippen LogP contribution is -2.59. The number of nitrogens with zero attached hydrogens (tertiary/aromatic N) is 3. The van der Waals surface area contributed by atoms with Crippen LogP contribution in [0.2, 0.25) is 0 Å². The van der Waals surface area contributed by atoms with E-state index in [1.807, 2.05) is 26.8 Å². The van der Waals surface area contributed by atoms with Gasteiger partial charge in [0.2, 0.25) is 21.8 Å². The molecule has 5 atom stereocenters. The number of fused-ring (bicyclic) bond motifs is 1. The maximum atomic E-state index is 14.6. The first kappa shape index (κ1) is 37.5. The first-order chi connectivity index (χ1) is 24.6. The van der Waals surface area contributed by atoms with Crippen LogP contribution < -0.4 is 15.4 Å². The van der Waals surface area contributed by atoms with E-state index in [0.717, 1.165) is 30.4 Å². The van der Waals surface area contributed by atoms with Gasteiger partial charge < -0.3 is 25.0 Å². The van der Waals surface area contributed by atoms with Crippen LogP contribution in [0.3, 0.4) is 0 Å². The third kappa shape index (κ3) is 8.37. The molecule has 0 bridgehead atoms. The molecule has 3 aliphatic carbocycles. The number of nitrogens with one attached hydrogen (secondary N) is 3. The van der Waals surface area contributed by atoms with Gasteiger partial charge in [0.1, 0.15) is 23.7 Å². The van der Waals surface area contributed by atoms with Crippen molar-refractivity contribution in [2.75, 3.05) is 13.2 Å². The summed E-state index contributed by atoms with van der Waals surface area (Å²) in [6.07, 6.45) is 7.65. The number of amides is 5. The molecule has 4 fully saturated rings. The number of pyridine rings is 1. The smallest absolute Gasteiger partial charge is 0.410 e. The zero-order valence-electron chi connectivity index (χ0n) is 30.1. The molecule has 0 aromatic carbocycles. The summed E-state index contributed by atoms with van der Waals surface area (Å²) in [5.74, 6) is -2.84. The summed E-state index contributed by atoms with van der Waals surface area (Å²) in [6.45, 7) is 10.1. The van der Waals surface area contributed by atoms with Crippen LogP contribution in [0.25, 0.3) is 0 Å². The second-order valence-electron chi connectivity index (χ2n) is 16.1. The first-order valence-corrected chi connectivity index (χ1v) is 19.8. The molecular formula is C36H50N6O9S. The Kier molecular flexibility index (Phi) is 10.6. The molecule has 3 saturated carbocycles. The predicted molar refractivity (Wildman–Crippen MR) is 187 cm³/mol. The minimum Gasteiger partial charge on any atom is -0.449 e. The predicted octanol–water partition coefficient (Wildman–Crippen LogP) is 2.89. The van der Waals surface area contributed by atoms with E-state index in [9.17, 15) is 32.4 Å². The van der Waals surface area contributed by atoms with E-state index in [-0.39, 0.29) is 37.3 Å². The maximum absolute atomic E-state index is 14.6. The zero-order valence-corrected chi connectivity index (χ0v) is 30.9. The van der Waals surface area contributed by atoms with Crippen molar-refractivity contribution in [2.45, 2.75) is 121 Å². The van der Waals surface area contributed by atoms with Crippen molar-refractivity contribution >= 4 is 39.9 Å². The number of rotatable bonds is 11. The molecule has 0 radical (unpaired) electrons. The number of hydrogen-bond donors (Lipinski definition) is 3. The summed E-state index contributed by atoms with van der Waals surface area (Å²) < 4.78 is 38.9. The molecule has 0 spiro atoms. The summed E-state index contributed by atoms with van der Waals surface area (Å²) in [7, 11) is -3.91. The van der Waals surface area contributed by atoms with Crippen LogP contribution in [0.15, 0.2) is 31.1 Å². The fourth-order valence-corrected chi connectivity index (χ4v) is 8.80. The minimum atomic E-state index is -3.91. The summed E-state index contributed by atoms with van der Waals surface area (Å²) >= 11 is 0. The molecule has 5 amide bonds. The summed E-state index contributed by atoms with van der Waals surface area (Å²) in [5, 5.41) is 4.91. The van der Waals surface area contributed by atoms with Gasteiger partial charge >= 0.3 is 12.2 Å². The van der Waals surface area contributed by atoms with Crippen molar-refractivity contribution in [3.63, 3.8) is 0 Å². The van der Waals surface area contributed by atoms with E-state index in [1.54, 1.807) is 12.4 Å². The van der Waals surface area contributed by atoms with E-state index < -0.39 is 74.8 Å². The van der Waals surface area contributed by atoms with Gasteiger partial charge in [-0.05, 0) is 60.6 Å². The second kappa shape index (κ2) is 14.7. The highest BCUT2D eigenvalue weighted by molar-refractivity contribution is 7.91. The van der Waals surface area contributed by atoms with Crippen molar-refractivity contribution in [2.24, 2.45) is 17.3 Å². The lowest BCUT2D eigenvalue weighted by molar-refractivity contribution is -0.142. The van der Waals surface area contributed by atoms with Crippen LogP contribution in [0.4, 0.5) is 9.59 Å². The Morgan fingerprint density at radius 2 is 1.79 bits per heavy atom. The van der Waals surface area contributed by atoms with Crippen LogP contribution in [-0.4, -0.2) is 95.2 Å². The third-order valence-electron chi connectivity index (χ3n) is 10.6. The first-order valence-electron chi connectivity index (χ1n) is 18.2. The number of hydrogen-bond acceptors (Lipinski definition) is 10. The Morgan fingerprint density at radius 3 is 2.42 bits per heavy atom. The molecule has 2 aliphatic heterocycles. The Balaban J connectivity index is 1.23. The normalized spacial score (nSPS) is 26.5. The quantitative estimate of drug-likeness (QED) is 0.284. The number of carbonyl (C=O) groups excluding carboxylic acids is 5. The Labute approximate surface area is 304 Å². The molecule has 15 nitrogen and oxygen atoms in total. The van der Waals surface area contributed by atoms with Crippen molar-refractivity contribution in [1.82, 2.24) is 30.1 Å². The minimum absolute atomic E-state index is 0.0751. The van der Waals surface area contributed by atoms with E-state index >= 15 is 0 Å². The fraction of sp³-hybridized carbons (Fsp3) is 0.667. The van der Waals surface area contributed by atoms with Crippen molar-refractivity contribution in [3.05, 3.63) is 42.2 Å². The lowest BCUT2D eigenvalue weighted by atomic mass is 9.83. The van der Waals surface area contributed by atoms with Gasteiger partial charge in [0, 0.05) is 31.3 Å². The Hall–Kier alpha value is -4.21. The van der Waals surface area contributed by atoms with Crippen LogP contribution in [0.5, 0.6) is 0 Å². The monoisotopic (exact) mass is 742 g/mol. The highest BCUT2D eigenvalue weighted by Gasteiger charge is 2.62. The van der Waals surface area contributed by atoms with E-state index in [0.29, 0.717) is 38.8 Å². The van der Waals surface area contributed by atoms with Gasteiger partial charge in [0.25, 0.3) is 5.91 Å². The summed E-state index contributed by atoms with van der Waals surface area (Å²) in [5.41, 5.74) is -0.0396. The lowest BCUT2D eigenvalue weighted by Gasteiger charge is -2.34. The molecule has 1 aromatic rings. The van der Waals surface area contributed by atoms with Gasteiger partial charge in [-0.1, -0.05) is 46.1 Å². The number of carbonyl (C=O) groups is 5. The Bertz CT molecular complexity index is 1680. The average molecular weight is 743 g/mol. The van der Waals surface area contributed by atoms with Crippen LogP contribution in [0.1, 0.15) is 89.7 Å². The molecule has 3 N–H and O–H groups in total. The molecule has 3 heterocycles. The summed E-state index contributed by atoms with van der Waals surface area (Å²) in [6, 6.07) is -0.374. The van der Waals surface area contributed by atoms with Gasteiger partial charge in [-0.15, -0.1) is 6.58 Å². The van der Waals surface area contributed by atoms with E-state index in [1.165, 1.54) is 15.9 Å². The number of sulfonamides is 1. The largest absolute Gasteiger partial charge is 0.449 e. The highest BCUT2D eigenvalue weighted by atomic mass is 32.2. The van der Waals surface area contributed by atoms with E-state index in [4.69, 9.17) is 9.47 Å². The third-order valence-corrected chi connectivity index (χ3v) is 12.5. The van der Waals surface area contributed by atoms with Gasteiger partial charge in [0.15, 0.2) is 0 Å². The standard InChI is InChI=1S/C36H50N6O9S/c1-5-25-16-36(25,32(45)40-52(48,49)27-11-12-27)39-30(43)28-15-26(51-34(47)41-18-23-13-14-37-17-24(23)19-41)20-42(28)31(44)29(22-9-7-6-8-10-22)38-33(46)50-21-35(2,3)4/h5,13-14,17,22,25-29H,1,6-12,15-16,18-21H2,2-4H3,(H,38,46)(H,39,43)(H,40,45)/t25-,26?,28+,29+,36-/m1/s1. The number of likely N-dealkylation sites (tertiary alicyclic amines) is 1. The number of alkyl carbamates (subject to hydrolysis) is 1. The molecule has 1 unspecified atom stereocenters. The van der Waals surface area contributed by atoms with Crippen LogP contribution in [-0.2, 0) is 47.0 Å². The molecule has 6 rings (SSSR count). The molecule has 1 saturated heterocycles. The molecular weight excluding hydrogens is 692 g/mol. The van der Waals surface area contributed by atoms with Gasteiger partial charge in [-0.25, -0.2) is 18.0 Å². The van der Waals surface area contributed by atoms with Crippen molar-refractivity contribution < 1.29 is 41.9 Å². The van der Waals surface area contributed by atoms with Crippen LogP contribution in [0, 0.1) is 17.3 Å². The molecule has 52 heavy (non-hydrogen) atoms. The summed E-state index contributed by atoms with van der Waals surface area (Å²) in [4.78, 5) is 75.7. The van der Waals surface area contributed by atoms with E-state index in [2.05, 4.69) is 26.9 Å². The van der Waals surface area contributed by atoms with Crippen LogP contribution >= 0.6 is 0 Å². The van der Waals surface area contributed by atoms with Gasteiger partial charge in [-0.2, -0.15) is 0 Å². The molecule has 1 aromatic heterocycles. The SMILES string of the molecule is C=C[C@@H]1C[C@]1(NC(=O)[C@@H]1CC(OC(=O)N2Cc3ccncc3C2)CN1C(=O)[C@@H](NC(=O)OCC(C)(C)C)C1CCCCC1)C(=O)NS(=O)(=O)C1CC1. The van der Waals surface area contributed by atoms with Crippen molar-refractivity contribution in [3.8, 4) is 0 Å². The maximum Gasteiger partial charge on any atom is 0.410 e. The van der Waals surface area contributed by atoms with Gasteiger partial charge in [0.05, 0.1) is 24.9 Å². The van der Waals surface area contributed by atoms with Crippen molar-refractivity contribution in [1.29, 1.82) is 0 Å². The molecule has 16 heteroatoms. The number of ether oxygens (including phenoxy) is 2. The topological polar surface area (TPSA) is 193 Å². The fourth-order valence-electron chi connectivity index (χ4n) is 7.44.